The van der Waals surface area contributed by atoms with Crippen molar-refractivity contribution < 1.29 is 19.3 Å². The van der Waals surface area contributed by atoms with Crippen molar-refractivity contribution in [2.75, 3.05) is 13.2 Å². The first-order chi connectivity index (χ1) is 17.4. The lowest BCUT2D eigenvalue weighted by Crippen LogP contribution is -2.25. The standard InChI is InChI=1S/C26H22FIN4O4/c27-17-5-1-15(2-6-17)13-22(24-29-20-10-7-18(28)14-21(20)30-24)32-25(34)23(31-26(32)35)16-3-8-19(9-4-16)36-12-11-33/h1-10,14,22,33-34H,11-13H2,(H,29,30)(H,31,35)/t22-/m0/s1. The Morgan fingerprint density at radius 1 is 1.06 bits per heavy atom. The zero-order chi connectivity index (χ0) is 25.2. The van der Waals surface area contributed by atoms with Crippen molar-refractivity contribution in [1.82, 2.24) is 19.5 Å². The van der Waals surface area contributed by atoms with E-state index in [2.05, 4.69) is 32.6 Å². The van der Waals surface area contributed by atoms with Gasteiger partial charge in [-0.15, -0.1) is 0 Å². The van der Waals surface area contributed by atoms with Crippen LogP contribution in [0, 0.1) is 9.39 Å². The molecular formula is C26H22FIN4O4. The topological polar surface area (TPSA) is 116 Å². The number of benzene rings is 3. The third kappa shape index (κ3) is 4.86. The Morgan fingerprint density at radius 2 is 1.81 bits per heavy atom. The molecule has 1 atom stereocenters. The van der Waals surface area contributed by atoms with Crippen molar-refractivity contribution >= 4 is 33.6 Å². The number of halogens is 2. The molecule has 36 heavy (non-hydrogen) atoms. The van der Waals surface area contributed by atoms with E-state index < -0.39 is 11.7 Å². The van der Waals surface area contributed by atoms with Crippen LogP contribution in [-0.4, -0.2) is 42.9 Å². The minimum Gasteiger partial charge on any atom is -0.493 e. The Labute approximate surface area is 218 Å². The lowest BCUT2D eigenvalue weighted by molar-refractivity contribution is 0.201. The lowest BCUT2D eigenvalue weighted by atomic mass is 10.0. The maximum Gasteiger partial charge on any atom is 0.329 e. The second-order valence-corrected chi connectivity index (χ2v) is 9.47. The number of rotatable bonds is 8. The Morgan fingerprint density at radius 3 is 2.53 bits per heavy atom. The van der Waals surface area contributed by atoms with Gasteiger partial charge < -0.3 is 24.9 Å². The van der Waals surface area contributed by atoms with E-state index in [1.54, 1.807) is 36.4 Å². The van der Waals surface area contributed by atoms with Gasteiger partial charge in [0.05, 0.1) is 17.6 Å². The first-order valence-electron chi connectivity index (χ1n) is 11.2. The smallest absolute Gasteiger partial charge is 0.329 e. The summed E-state index contributed by atoms with van der Waals surface area (Å²) in [6.45, 7) is 0.0640. The number of fused-ring (bicyclic) bond motifs is 1. The fourth-order valence-corrected chi connectivity index (χ4v) is 4.62. The first kappa shape index (κ1) is 24.1. The number of H-pyrrole nitrogens is 2. The van der Waals surface area contributed by atoms with E-state index in [1.165, 1.54) is 16.7 Å². The molecule has 0 aliphatic carbocycles. The average Bonchev–Trinajstić information content (AvgIpc) is 3.42. The summed E-state index contributed by atoms with van der Waals surface area (Å²) in [5.74, 6) is 0.447. The minimum atomic E-state index is -0.690. The number of aromatic hydroxyl groups is 1. The largest absolute Gasteiger partial charge is 0.493 e. The molecule has 5 aromatic rings. The number of aliphatic hydroxyl groups is 1. The zero-order valence-electron chi connectivity index (χ0n) is 18.9. The predicted molar refractivity (Wildman–Crippen MR) is 142 cm³/mol. The highest BCUT2D eigenvalue weighted by atomic mass is 127. The number of aromatic nitrogens is 4. The van der Waals surface area contributed by atoms with Crippen LogP contribution < -0.4 is 10.4 Å². The van der Waals surface area contributed by atoms with Crippen LogP contribution in [0.2, 0.25) is 0 Å². The van der Waals surface area contributed by atoms with Gasteiger partial charge in [0, 0.05) is 15.6 Å². The molecule has 3 aromatic carbocycles. The number of aliphatic hydroxyl groups excluding tert-OH is 1. The maximum atomic E-state index is 13.5. The average molecular weight is 600 g/mol. The SMILES string of the molecule is O=c1[nH]c(-c2ccc(OCCO)cc2)c(O)n1[C@@H](Cc1ccc(F)cc1)c1nc2ccc(I)cc2[nH]1. The molecule has 0 saturated carbocycles. The Kier molecular flexibility index (Phi) is 6.79. The third-order valence-corrected chi connectivity index (χ3v) is 6.51. The molecule has 4 N–H and O–H groups in total. The number of nitrogens with one attached hydrogen (secondary N) is 2. The Hall–Kier alpha value is -3.64. The van der Waals surface area contributed by atoms with Crippen LogP contribution in [0.15, 0.2) is 71.5 Å². The van der Waals surface area contributed by atoms with Crippen LogP contribution in [0.4, 0.5) is 4.39 Å². The van der Waals surface area contributed by atoms with Crippen LogP contribution in [0.3, 0.4) is 0 Å². The van der Waals surface area contributed by atoms with E-state index in [0.29, 0.717) is 17.1 Å². The zero-order valence-corrected chi connectivity index (χ0v) is 21.1. The number of aromatic amines is 2. The molecule has 0 aliphatic rings. The fraction of sp³-hybridized carbons (Fsp3) is 0.154. The predicted octanol–water partition coefficient (Wildman–Crippen LogP) is 4.37. The fourth-order valence-electron chi connectivity index (χ4n) is 4.12. The summed E-state index contributed by atoms with van der Waals surface area (Å²) in [6.07, 6.45) is 0.288. The highest BCUT2D eigenvalue weighted by Gasteiger charge is 2.26. The van der Waals surface area contributed by atoms with Crippen molar-refractivity contribution in [1.29, 1.82) is 0 Å². The van der Waals surface area contributed by atoms with E-state index in [4.69, 9.17) is 14.8 Å². The van der Waals surface area contributed by atoms with Crippen LogP contribution >= 0.6 is 22.6 Å². The van der Waals surface area contributed by atoms with E-state index in [0.717, 1.165) is 20.2 Å². The van der Waals surface area contributed by atoms with Gasteiger partial charge in [0.15, 0.2) is 0 Å². The molecule has 0 fully saturated rings. The van der Waals surface area contributed by atoms with Crippen molar-refractivity contribution in [3.63, 3.8) is 0 Å². The van der Waals surface area contributed by atoms with Gasteiger partial charge in [-0.05, 0) is 82.8 Å². The monoisotopic (exact) mass is 600 g/mol. The van der Waals surface area contributed by atoms with E-state index >= 15 is 0 Å². The summed E-state index contributed by atoms with van der Waals surface area (Å²) in [6, 6.07) is 17.9. The quantitative estimate of drug-likeness (QED) is 0.198. The molecule has 0 radical (unpaired) electrons. The summed E-state index contributed by atoms with van der Waals surface area (Å²) in [4.78, 5) is 23.9. The van der Waals surface area contributed by atoms with Gasteiger partial charge in [0.2, 0.25) is 5.88 Å². The van der Waals surface area contributed by atoms with Crippen LogP contribution in [0.1, 0.15) is 17.4 Å². The molecule has 184 valence electrons. The molecule has 0 saturated heterocycles. The highest BCUT2D eigenvalue weighted by Crippen LogP contribution is 2.33. The van der Waals surface area contributed by atoms with Crippen molar-refractivity contribution in [3.8, 4) is 22.9 Å². The first-order valence-corrected chi connectivity index (χ1v) is 12.3. The molecule has 0 bridgehead atoms. The minimum absolute atomic E-state index is 0.102. The number of ether oxygens (including phenoxy) is 1. The van der Waals surface area contributed by atoms with Crippen LogP contribution in [0.5, 0.6) is 11.6 Å². The number of hydrogen-bond donors (Lipinski definition) is 4. The van der Waals surface area contributed by atoms with Crippen LogP contribution in [-0.2, 0) is 6.42 Å². The summed E-state index contributed by atoms with van der Waals surface area (Å²) < 4.78 is 21.2. The van der Waals surface area contributed by atoms with Gasteiger partial charge in [0.1, 0.15) is 35.7 Å². The van der Waals surface area contributed by atoms with E-state index in [1.807, 2.05) is 18.2 Å². The number of nitrogens with zero attached hydrogens (tertiary/aromatic N) is 2. The van der Waals surface area contributed by atoms with Crippen molar-refractivity contribution in [2.24, 2.45) is 0 Å². The molecule has 10 heteroatoms. The van der Waals surface area contributed by atoms with Gasteiger partial charge in [-0.3, -0.25) is 4.57 Å². The van der Waals surface area contributed by atoms with Gasteiger partial charge in [-0.2, -0.15) is 0 Å². The summed E-state index contributed by atoms with van der Waals surface area (Å²) in [5, 5.41) is 20.1. The van der Waals surface area contributed by atoms with Crippen LogP contribution in [0.25, 0.3) is 22.3 Å². The van der Waals surface area contributed by atoms with Gasteiger partial charge >= 0.3 is 5.69 Å². The summed E-state index contributed by atoms with van der Waals surface area (Å²) in [5.41, 5.74) is 2.64. The van der Waals surface area contributed by atoms with Gasteiger partial charge in [-0.25, -0.2) is 14.2 Å². The normalized spacial score (nSPS) is 12.2. The van der Waals surface area contributed by atoms with Gasteiger partial charge in [0.25, 0.3) is 0 Å². The Balaban J connectivity index is 1.58. The molecule has 0 aliphatic heterocycles. The number of imidazole rings is 2. The number of hydrogen-bond acceptors (Lipinski definition) is 5. The molecule has 2 aromatic heterocycles. The molecule has 8 nitrogen and oxygen atoms in total. The van der Waals surface area contributed by atoms with E-state index in [-0.39, 0.29) is 37.0 Å². The van der Waals surface area contributed by atoms with Crippen molar-refractivity contribution in [3.05, 3.63) is 98.0 Å². The molecule has 0 amide bonds. The molecular weight excluding hydrogens is 578 g/mol. The molecule has 2 heterocycles. The second-order valence-electron chi connectivity index (χ2n) is 8.23. The molecule has 5 rings (SSSR count). The third-order valence-electron chi connectivity index (χ3n) is 5.84. The van der Waals surface area contributed by atoms with E-state index in [9.17, 15) is 14.3 Å². The summed E-state index contributed by atoms with van der Waals surface area (Å²) >= 11 is 2.21. The second kappa shape index (κ2) is 10.2. The maximum absolute atomic E-state index is 13.5. The molecule has 0 spiro atoms. The van der Waals surface area contributed by atoms with Crippen molar-refractivity contribution in [2.45, 2.75) is 12.5 Å². The van der Waals surface area contributed by atoms with Gasteiger partial charge in [-0.1, -0.05) is 12.1 Å². The molecule has 0 unspecified atom stereocenters. The highest BCUT2D eigenvalue weighted by molar-refractivity contribution is 14.1. The Bertz CT molecular complexity index is 1560. The lowest BCUT2D eigenvalue weighted by Gasteiger charge is -2.17. The summed E-state index contributed by atoms with van der Waals surface area (Å²) in [7, 11) is 0.